The number of morpholine rings is 1. The number of nitrogens with zero attached hydrogens (tertiary/aromatic N) is 1. The van der Waals surface area contributed by atoms with Gasteiger partial charge in [-0.1, -0.05) is 17.7 Å². The van der Waals surface area contributed by atoms with E-state index in [4.69, 9.17) is 4.74 Å². The number of ether oxygens (including phenoxy) is 1. The van der Waals surface area contributed by atoms with Gasteiger partial charge in [-0.25, -0.2) is 0 Å². The summed E-state index contributed by atoms with van der Waals surface area (Å²) in [5.41, 5.74) is 3.56. The number of carbonyl (C=O) groups excluding carboxylic acids is 1. The van der Waals surface area contributed by atoms with Gasteiger partial charge in [-0.05, 0) is 32.5 Å². The first-order valence-corrected chi connectivity index (χ1v) is 7.53. The molecule has 1 fully saturated rings. The van der Waals surface area contributed by atoms with Crippen LogP contribution in [0.5, 0.6) is 0 Å². The summed E-state index contributed by atoms with van der Waals surface area (Å²) >= 11 is 0. The predicted octanol–water partition coefficient (Wildman–Crippen LogP) is 1.06. The highest BCUT2D eigenvalue weighted by molar-refractivity contribution is 5.86. The van der Waals surface area contributed by atoms with Crippen LogP contribution in [0.2, 0.25) is 0 Å². The minimum atomic E-state index is -0.253. The van der Waals surface area contributed by atoms with Gasteiger partial charge in [0.1, 0.15) is 6.04 Å². The maximum Gasteiger partial charge on any atom is 0.245 e. The van der Waals surface area contributed by atoms with Crippen LogP contribution in [0.25, 0.3) is 0 Å². The predicted molar refractivity (Wildman–Crippen MR) is 84.6 cm³/mol. The van der Waals surface area contributed by atoms with Crippen LogP contribution in [-0.2, 0) is 16.1 Å². The summed E-state index contributed by atoms with van der Waals surface area (Å²) in [6.45, 7) is 7.29. The molecule has 1 unspecified atom stereocenters. The number of aryl methyl sites for hydroxylation is 1. The number of carbonyl (C=O) groups is 1. The van der Waals surface area contributed by atoms with Crippen molar-refractivity contribution in [2.24, 2.45) is 0 Å². The molecule has 1 atom stereocenters. The molecule has 1 saturated heterocycles. The highest BCUT2D eigenvalue weighted by Crippen LogP contribution is 2.25. The summed E-state index contributed by atoms with van der Waals surface area (Å²) < 4.78 is 5.51. The first-order chi connectivity index (χ1) is 10.2. The van der Waals surface area contributed by atoms with Crippen LogP contribution < -0.4 is 15.5 Å². The van der Waals surface area contributed by atoms with Crippen LogP contribution in [0.4, 0.5) is 5.69 Å². The zero-order chi connectivity index (χ0) is 15.2. The molecule has 2 rings (SSSR count). The largest absolute Gasteiger partial charge is 0.377 e. The minimum absolute atomic E-state index is 0.0354. The summed E-state index contributed by atoms with van der Waals surface area (Å²) in [6, 6.07) is 6.13. The molecular formula is C16H25N3O2. The Morgan fingerprint density at radius 2 is 2.29 bits per heavy atom. The van der Waals surface area contributed by atoms with Crippen molar-refractivity contribution >= 4 is 11.6 Å². The van der Waals surface area contributed by atoms with E-state index in [1.54, 1.807) is 0 Å². The fourth-order valence-corrected chi connectivity index (χ4v) is 2.73. The van der Waals surface area contributed by atoms with Gasteiger partial charge in [0.15, 0.2) is 0 Å². The molecule has 21 heavy (non-hydrogen) atoms. The first-order valence-electron chi connectivity index (χ1n) is 7.53. The Hall–Kier alpha value is -1.59. The van der Waals surface area contributed by atoms with Crippen molar-refractivity contribution in [3.8, 4) is 0 Å². The quantitative estimate of drug-likeness (QED) is 0.851. The molecule has 1 aromatic rings. The Morgan fingerprint density at radius 1 is 1.48 bits per heavy atom. The molecule has 1 amide bonds. The van der Waals surface area contributed by atoms with Gasteiger partial charge >= 0.3 is 0 Å². The van der Waals surface area contributed by atoms with E-state index in [1.165, 1.54) is 11.1 Å². The second-order valence-corrected chi connectivity index (χ2v) is 5.34. The van der Waals surface area contributed by atoms with Crippen molar-refractivity contribution in [1.82, 2.24) is 10.6 Å². The molecule has 116 valence electrons. The number of hydrogen-bond donors (Lipinski definition) is 2. The lowest BCUT2D eigenvalue weighted by Gasteiger charge is -2.37. The van der Waals surface area contributed by atoms with Crippen molar-refractivity contribution in [2.75, 3.05) is 38.3 Å². The smallest absolute Gasteiger partial charge is 0.245 e. The zero-order valence-electron chi connectivity index (χ0n) is 13.1. The van der Waals surface area contributed by atoms with Gasteiger partial charge in [-0.2, -0.15) is 0 Å². The zero-order valence-corrected chi connectivity index (χ0v) is 13.1. The third-order valence-electron chi connectivity index (χ3n) is 3.69. The lowest BCUT2D eigenvalue weighted by Crippen LogP contribution is -2.54. The lowest BCUT2D eigenvalue weighted by atomic mass is 10.1. The van der Waals surface area contributed by atoms with Crippen molar-refractivity contribution in [1.29, 1.82) is 0 Å². The average molecular weight is 291 g/mol. The fraction of sp³-hybridized carbons (Fsp3) is 0.562. The Kier molecular flexibility index (Phi) is 5.59. The van der Waals surface area contributed by atoms with Gasteiger partial charge in [-0.15, -0.1) is 0 Å². The molecule has 0 bridgehead atoms. The van der Waals surface area contributed by atoms with Crippen LogP contribution >= 0.6 is 0 Å². The maximum absolute atomic E-state index is 12.3. The van der Waals surface area contributed by atoms with E-state index in [0.29, 0.717) is 19.8 Å². The summed E-state index contributed by atoms with van der Waals surface area (Å²) in [7, 11) is 1.94. The van der Waals surface area contributed by atoms with Gasteiger partial charge < -0.3 is 20.3 Å². The van der Waals surface area contributed by atoms with E-state index < -0.39 is 0 Å². The maximum atomic E-state index is 12.3. The van der Waals surface area contributed by atoms with Gasteiger partial charge in [0.05, 0.1) is 13.2 Å². The molecule has 0 saturated carbocycles. The van der Waals surface area contributed by atoms with E-state index in [1.807, 2.05) is 14.0 Å². The number of anilines is 1. The number of rotatable bonds is 5. The second kappa shape index (κ2) is 7.43. The standard InChI is InChI=1S/C16H25N3O2/c1-4-18-16(20)15-11-21-8-7-19(15)14-6-5-12(2)9-13(14)10-17-3/h5-6,9,15,17H,4,7-8,10-11H2,1-3H3,(H,18,20). The van der Waals surface area contributed by atoms with Crippen molar-refractivity contribution in [3.05, 3.63) is 29.3 Å². The molecule has 1 aromatic carbocycles. The van der Waals surface area contributed by atoms with Gasteiger partial charge in [0, 0.05) is 25.3 Å². The van der Waals surface area contributed by atoms with Crippen LogP contribution in [0.3, 0.4) is 0 Å². The third-order valence-corrected chi connectivity index (χ3v) is 3.69. The highest BCUT2D eigenvalue weighted by Gasteiger charge is 2.30. The van der Waals surface area contributed by atoms with E-state index in [0.717, 1.165) is 18.8 Å². The number of hydrogen-bond acceptors (Lipinski definition) is 4. The molecule has 1 heterocycles. The molecule has 2 N–H and O–H groups in total. The third kappa shape index (κ3) is 3.74. The number of amides is 1. The van der Waals surface area contributed by atoms with E-state index in [-0.39, 0.29) is 11.9 Å². The number of likely N-dealkylation sites (N-methyl/N-ethyl adjacent to an activating group) is 1. The van der Waals surface area contributed by atoms with Crippen LogP contribution in [0.15, 0.2) is 18.2 Å². The fourth-order valence-electron chi connectivity index (χ4n) is 2.73. The summed E-state index contributed by atoms with van der Waals surface area (Å²) in [5.74, 6) is 0.0354. The van der Waals surface area contributed by atoms with E-state index in [2.05, 4.69) is 40.7 Å². The number of benzene rings is 1. The van der Waals surface area contributed by atoms with Crippen molar-refractivity contribution < 1.29 is 9.53 Å². The Morgan fingerprint density at radius 3 is 3.00 bits per heavy atom. The topological polar surface area (TPSA) is 53.6 Å². The normalized spacial score (nSPS) is 18.6. The molecule has 0 spiro atoms. The van der Waals surface area contributed by atoms with Gasteiger partial charge in [0.25, 0.3) is 0 Å². The van der Waals surface area contributed by atoms with E-state index in [9.17, 15) is 4.79 Å². The molecule has 5 heteroatoms. The summed E-state index contributed by atoms with van der Waals surface area (Å²) in [4.78, 5) is 14.4. The SMILES string of the molecule is CCNC(=O)C1COCCN1c1ccc(C)cc1CNC. The monoisotopic (exact) mass is 291 g/mol. The molecular weight excluding hydrogens is 266 g/mol. The molecule has 5 nitrogen and oxygen atoms in total. The van der Waals surface area contributed by atoms with Crippen molar-refractivity contribution in [2.45, 2.75) is 26.4 Å². The minimum Gasteiger partial charge on any atom is -0.377 e. The van der Waals surface area contributed by atoms with Gasteiger partial charge in [-0.3, -0.25) is 4.79 Å². The van der Waals surface area contributed by atoms with Crippen LogP contribution in [-0.4, -0.2) is 45.3 Å². The summed E-state index contributed by atoms with van der Waals surface area (Å²) in [6.07, 6.45) is 0. The van der Waals surface area contributed by atoms with E-state index >= 15 is 0 Å². The lowest BCUT2D eigenvalue weighted by molar-refractivity contribution is -0.124. The van der Waals surface area contributed by atoms with Crippen molar-refractivity contribution in [3.63, 3.8) is 0 Å². The Balaban J connectivity index is 2.30. The first kappa shape index (κ1) is 15.8. The molecule has 1 aliphatic rings. The summed E-state index contributed by atoms with van der Waals surface area (Å²) in [5, 5.41) is 6.10. The average Bonchev–Trinajstić information content (AvgIpc) is 2.48. The van der Waals surface area contributed by atoms with Gasteiger partial charge in [0.2, 0.25) is 5.91 Å². The van der Waals surface area contributed by atoms with Crippen LogP contribution in [0.1, 0.15) is 18.1 Å². The molecule has 0 aliphatic carbocycles. The highest BCUT2D eigenvalue weighted by atomic mass is 16.5. The second-order valence-electron chi connectivity index (χ2n) is 5.34. The molecule has 0 aromatic heterocycles. The molecule has 0 radical (unpaired) electrons. The Labute approximate surface area is 126 Å². The molecule has 1 aliphatic heterocycles. The Bertz CT molecular complexity index is 490. The van der Waals surface area contributed by atoms with Crippen LogP contribution in [0, 0.1) is 6.92 Å². The number of nitrogens with one attached hydrogen (secondary N) is 2.